The Bertz CT molecular complexity index is 1750. The Kier molecular flexibility index (Phi) is 9.39. The molecule has 0 spiro atoms. The quantitative estimate of drug-likeness (QED) is 0.137. The first-order chi connectivity index (χ1) is 21.0. The predicted molar refractivity (Wildman–Crippen MR) is 174 cm³/mol. The molecule has 5 rings (SSSR count). The third-order valence-electron chi connectivity index (χ3n) is 6.98. The van der Waals surface area contributed by atoms with E-state index in [4.69, 9.17) is 42.5 Å². The molecule has 4 aromatic rings. The minimum atomic E-state index is -3.33. The Morgan fingerprint density at radius 2 is 2.00 bits per heavy atom. The fourth-order valence-electron chi connectivity index (χ4n) is 4.98. The molecule has 0 saturated carbocycles. The maximum Gasteiger partial charge on any atom is 0.323 e. The Morgan fingerprint density at radius 3 is 2.73 bits per heavy atom. The van der Waals surface area contributed by atoms with Crippen LogP contribution < -0.4 is 20.2 Å². The van der Waals surface area contributed by atoms with Crippen LogP contribution in [-0.2, 0) is 30.6 Å². The molecule has 1 fully saturated rings. The molecule has 3 N–H and O–H groups in total. The van der Waals surface area contributed by atoms with Crippen molar-refractivity contribution in [3.63, 3.8) is 0 Å². The van der Waals surface area contributed by atoms with Gasteiger partial charge >= 0.3 is 12.6 Å². The van der Waals surface area contributed by atoms with Gasteiger partial charge in [-0.2, -0.15) is 9.97 Å². The number of fused-ring (bicyclic) bond motifs is 2. The van der Waals surface area contributed by atoms with Gasteiger partial charge in [0.05, 0.1) is 31.1 Å². The minimum Gasteiger partial charge on any atom is -0.462 e. The fraction of sp³-hybridized carbons (Fsp3) is 0.400. The van der Waals surface area contributed by atoms with Crippen molar-refractivity contribution in [2.24, 2.45) is 5.92 Å². The molecule has 1 aliphatic rings. The number of carbonyl (C=O) groups excluding carboxylic acids is 1. The standard InChI is InChI=1S/C30H36N7O5PS/c1-7-20-15-22(41-28(20)37-17-32-25-26(36(5)6)33-30(31)34-27(25)37)16-39-43(44,35-19(4)29(38)40-18(2)3)42-24-14-10-12-21-11-8-9-13-23(21)24/h1,8-14,17-20,22,28H,15-16H2,2-6H3,(H,35,44)(H2,31,33,34)/t19-,20+,22+,28-,43+/m1/s1. The SMILES string of the molecule is C#C[C@H]1C[C@@H](CO[P@@](=S)(N[C@H](C)C(=O)OC(C)C)Oc2cccc3ccccc23)O[C@H]1n1cnc2c(N(C)C)nc(N)nc21. The van der Waals surface area contributed by atoms with Gasteiger partial charge in [-0.1, -0.05) is 42.3 Å². The largest absolute Gasteiger partial charge is 0.462 e. The first-order valence-corrected chi connectivity index (χ1v) is 16.8. The number of terminal acetylenes is 1. The highest BCUT2D eigenvalue weighted by atomic mass is 32.5. The van der Waals surface area contributed by atoms with Gasteiger partial charge in [-0.25, -0.2) is 10.1 Å². The number of aromatic nitrogens is 4. The van der Waals surface area contributed by atoms with E-state index in [1.54, 1.807) is 31.7 Å². The second-order valence-corrected chi connectivity index (χ2v) is 14.1. The number of carbonyl (C=O) groups is 1. The average molecular weight is 638 g/mol. The number of rotatable bonds is 11. The van der Waals surface area contributed by atoms with Crippen molar-refractivity contribution >= 4 is 58.1 Å². The normalized spacial score (nSPS) is 20.3. The van der Waals surface area contributed by atoms with Crippen LogP contribution in [0.15, 0.2) is 48.8 Å². The van der Waals surface area contributed by atoms with E-state index in [0.29, 0.717) is 29.2 Å². The number of anilines is 2. The number of nitrogen functional groups attached to an aromatic ring is 1. The molecular formula is C30H36N7O5PS. The molecule has 0 unspecified atom stereocenters. The molecule has 2 aromatic carbocycles. The number of ether oxygens (including phenoxy) is 2. The van der Waals surface area contributed by atoms with Gasteiger partial charge in [0, 0.05) is 19.5 Å². The summed E-state index contributed by atoms with van der Waals surface area (Å²) in [6, 6.07) is 12.7. The Balaban J connectivity index is 1.39. The second kappa shape index (κ2) is 13.1. The first kappa shape index (κ1) is 31.6. The number of nitrogens with two attached hydrogens (primary N) is 1. The van der Waals surface area contributed by atoms with E-state index < -0.39 is 31.0 Å². The van der Waals surface area contributed by atoms with E-state index in [-0.39, 0.29) is 24.6 Å². The van der Waals surface area contributed by atoms with Crippen LogP contribution >= 0.6 is 6.64 Å². The third kappa shape index (κ3) is 6.80. The van der Waals surface area contributed by atoms with Crippen LogP contribution in [0.4, 0.5) is 11.8 Å². The summed E-state index contributed by atoms with van der Waals surface area (Å²) in [6.45, 7) is 1.95. The smallest absolute Gasteiger partial charge is 0.323 e. The van der Waals surface area contributed by atoms with Gasteiger partial charge in [-0.3, -0.25) is 9.36 Å². The maximum absolute atomic E-state index is 12.7. The lowest BCUT2D eigenvalue weighted by Crippen LogP contribution is -2.36. The fourth-order valence-corrected chi connectivity index (χ4v) is 7.42. The van der Waals surface area contributed by atoms with Gasteiger partial charge in [0.15, 0.2) is 23.2 Å². The summed E-state index contributed by atoms with van der Waals surface area (Å²) in [6.07, 6.45) is 6.75. The molecule has 0 radical (unpaired) electrons. The van der Waals surface area contributed by atoms with Crippen molar-refractivity contribution in [3.05, 3.63) is 48.8 Å². The molecule has 5 atom stereocenters. The van der Waals surface area contributed by atoms with Crippen molar-refractivity contribution in [3.8, 4) is 18.1 Å². The van der Waals surface area contributed by atoms with E-state index in [0.717, 1.165) is 10.8 Å². The van der Waals surface area contributed by atoms with E-state index >= 15 is 0 Å². The highest BCUT2D eigenvalue weighted by molar-refractivity contribution is 8.09. The van der Waals surface area contributed by atoms with E-state index in [2.05, 4.69) is 26.0 Å². The van der Waals surface area contributed by atoms with Gasteiger partial charge in [0.1, 0.15) is 11.8 Å². The molecule has 232 valence electrons. The summed E-state index contributed by atoms with van der Waals surface area (Å²) >= 11 is 5.97. The summed E-state index contributed by atoms with van der Waals surface area (Å²) in [5, 5.41) is 4.95. The molecule has 3 heterocycles. The van der Waals surface area contributed by atoms with Gasteiger partial charge in [0.2, 0.25) is 5.95 Å². The number of benzene rings is 2. The van der Waals surface area contributed by atoms with Crippen molar-refractivity contribution in [1.82, 2.24) is 24.6 Å². The van der Waals surface area contributed by atoms with Gasteiger partial charge in [-0.15, -0.1) is 6.42 Å². The van der Waals surface area contributed by atoms with Gasteiger partial charge in [-0.05, 0) is 50.5 Å². The molecule has 2 aromatic heterocycles. The van der Waals surface area contributed by atoms with Crippen LogP contribution in [0.25, 0.3) is 21.9 Å². The minimum absolute atomic E-state index is 0.0579. The molecule has 0 aliphatic carbocycles. The summed E-state index contributed by atoms with van der Waals surface area (Å²) in [5.74, 6) is 3.29. The lowest BCUT2D eigenvalue weighted by atomic mass is 10.0. The Hall–Kier alpha value is -3.79. The summed E-state index contributed by atoms with van der Waals surface area (Å²) in [7, 11) is 3.71. The van der Waals surface area contributed by atoms with Crippen LogP contribution in [0.5, 0.6) is 5.75 Å². The lowest BCUT2D eigenvalue weighted by Gasteiger charge is -2.28. The highest BCUT2D eigenvalue weighted by Gasteiger charge is 2.39. The van der Waals surface area contributed by atoms with Crippen LogP contribution in [-0.4, -0.2) is 64.4 Å². The van der Waals surface area contributed by atoms with Crippen molar-refractivity contribution in [2.75, 3.05) is 31.3 Å². The summed E-state index contributed by atoms with van der Waals surface area (Å²) in [5.41, 5.74) is 7.10. The molecule has 0 amide bonds. The molecule has 44 heavy (non-hydrogen) atoms. The number of imidazole rings is 1. The monoisotopic (exact) mass is 637 g/mol. The molecule has 0 bridgehead atoms. The summed E-state index contributed by atoms with van der Waals surface area (Å²) < 4.78 is 26.3. The van der Waals surface area contributed by atoms with E-state index in [1.165, 1.54) is 0 Å². The number of hydrogen-bond donors (Lipinski definition) is 2. The first-order valence-electron chi connectivity index (χ1n) is 14.2. The zero-order valence-corrected chi connectivity index (χ0v) is 26.9. The second-order valence-electron chi connectivity index (χ2n) is 11.0. The van der Waals surface area contributed by atoms with Crippen LogP contribution in [0, 0.1) is 18.3 Å². The van der Waals surface area contributed by atoms with Crippen LogP contribution in [0.3, 0.4) is 0 Å². The van der Waals surface area contributed by atoms with Crippen LogP contribution in [0.2, 0.25) is 0 Å². The zero-order chi connectivity index (χ0) is 31.6. The predicted octanol–water partition coefficient (Wildman–Crippen LogP) is 4.41. The molecule has 12 nitrogen and oxygen atoms in total. The van der Waals surface area contributed by atoms with E-state index in [1.807, 2.05) is 61.5 Å². The zero-order valence-electron chi connectivity index (χ0n) is 25.2. The van der Waals surface area contributed by atoms with Crippen molar-refractivity contribution in [2.45, 2.75) is 51.7 Å². The number of nitrogens with zero attached hydrogens (tertiary/aromatic N) is 5. The summed E-state index contributed by atoms with van der Waals surface area (Å²) in [4.78, 5) is 27.8. The topological polar surface area (TPSA) is 139 Å². The molecular weight excluding hydrogens is 601 g/mol. The van der Waals surface area contributed by atoms with Crippen LogP contribution in [0.1, 0.15) is 33.4 Å². The maximum atomic E-state index is 12.7. The van der Waals surface area contributed by atoms with E-state index in [9.17, 15) is 4.79 Å². The van der Waals surface area contributed by atoms with Crippen molar-refractivity contribution in [1.29, 1.82) is 0 Å². The average Bonchev–Trinajstić information content (AvgIpc) is 3.59. The lowest BCUT2D eigenvalue weighted by molar-refractivity contribution is -0.149. The van der Waals surface area contributed by atoms with Gasteiger partial charge in [0.25, 0.3) is 0 Å². The number of hydrogen-bond acceptors (Lipinski definition) is 11. The number of nitrogens with one attached hydrogen (secondary N) is 1. The number of esters is 1. The molecule has 1 saturated heterocycles. The van der Waals surface area contributed by atoms with Crippen molar-refractivity contribution < 1.29 is 23.3 Å². The molecule has 14 heteroatoms. The highest BCUT2D eigenvalue weighted by Crippen LogP contribution is 2.48. The van der Waals surface area contributed by atoms with Gasteiger partial charge < -0.3 is 29.2 Å². The Morgan fingerprint density at radius 1 is 1.25 bits per heavy atom. The third-order valence-corrected chi connectivity index (χ3v) is 9.47. The Labute approximate surface area is 261 Å². The molecule has 1 aliphatic heterocycles.